The smallest absolute Gasteiger partial charge is 0.228 e. The molecule has 21 heavy (non-hydrogen) atoms. The Balaban J connectivity index is 1.65. The number of fused-ring (bicyclic) bond motifs is 1. The lowest BCUT2D eigenvalue weighted by molar-refractivity contribution is -0.127. The maximum Gasteiger partial charge on any atom is 0.228 e. The van der Waals surface area contributed by atoms with Crippen LogP contribution in [-0.4, -0.2) is 24.9 Å². The van der Waals surface area contributed by atoms with Gasteiger partial charge in [-0.1, -0.05) is 19.1 Å². The molecule has 2 atom stereocenters. The van der Waals surface area contributed by atoms with Gasteiger partial charge in [-0.15, -0.1) is 0 Å². The monoisotopic (exact) mass is 287 g/mol. The zero-order valence-corrected chi connectivity index (χ0v) is 12.4. The van der Waals surface area contributed by atoms with Crippen molar-refractivity contribution < 1.29 is 9.59 Å². The third kappa shape index (κ3) is 2.78. The molecule has 0 bridgehead atoms. The van der Waals surface area contributed by atoms with Crippen molar-refractivity contribution >= 4 is 17.5 Å². The molecule has 0 aromatic heterocycles. The average Bonchev–Trinajstić information content (AvgIpc) is 2.75. The van der Waals surface area contributed by atoms with Crippen LogP contribution in [-0.2, 0) is 16.0 Å². The van der Waals surface area contributed by atoms with Crippen molar-refractivity contribution in [2.45, 2.75) is 26.3 Å². The van der Waals surface area contributed by atoms with E-state index in [4.69, 9.17) is 0 Å². The highest BCUT2D eigenvalue weighted by molar-refractivity contribution is 5.99. The topological polar surface area (TPSA) is 70.2 Å². The third-order valence-corrected chi connectivity index (χ3v) is 4.55. The molecule has 2 unspecified atom stereocenters. The van der Waals surface area contributed by atoms with Crippen LogP contribution in [0.1, 0.15) is 31.0 Å². The highest BCUT2D eigenvalue weighted by atomic mass is 16.2. The number of carbonyl (C=O) groups excluding carboxylic acids is 2. The molecule has 1 aromatic carbocycles. The lowest BCUT2D eigenvalue weighted by atomic mass is 9.88. The molecule has 3 N–H and O–H groups in total. The van der Waals surface area contributed by atoms with Gasteiger partial charge in [0.05, 0.1) is 12.5 Å². The third-order valence-electron chi connectivity index (χ3n) is 4.55. The quantitative estimate of drug-likeness (QED) is 0.779. The summed E-state index contributed by atoms with van der Waals surface area (Å²) in [4.78, 5) is 23.6. The highest BCUT2D eigenvalue weighted by Gasteiger charge is 2.29. The summed E-state index contributed by atoms with van der Waals surface area (Å²) in [7, 11) is 0. The molecule has 2 aliphatic heterocycles. The first-order valence-electron chi connectivity index (χ1n) is 7.48. The molecule has 112 valence electrons. The van der Waals surface area contributed by atoms with Crippen molar-refractivity contribution in [2.75, 3.05) is 18.4 Å². The lowest BCUT2D eigenvalue weighted by Gasteiger charge is -2.32. The first-order chi connectivity index (χ1) is 10.0. The number of rotatable bonds is 4. The van der Waals surface area contributed by atoms with E-state index in [0.29, 0.717) is 12.3 Å². The Hall–Kier alpha value is -1.88. The molecule has 0 spiro atoms. The highest BCUT2D eigenvalue weighted by Crippen LogP contribution is 2.26. The van der Waals surface area contributed by atoms with Gasteiger partial charge in [-0.25, -0.2) is 0 Å². The van der Waals surface area contributed by atoms with Crippen LogP contribution in [0.5, 0.6) is 0 Å². The van der Waals surface area contributed by atoms with Crippen LogP contribution in [0.15, 0.2) is 18.2 Å². The van der Waals surface area contributed by atoms with Crippen molar-refractivity contribution in [3.05, 3.63) is 29.3 Å². The van der Waals surface area contributed by atoms with Crippen molar-refractivity contribution in [1.29, 1.82) is 0 Å². The molecule has 0 aliphatic carbocycles. The van der Waals surface area contributed by atoms with E-state index in [9.17, 15) is 9.59 Å². The molecule has 1 fully saturated rings. The maximum absolute atomic E-state index is 12.2. The Morgan fingerprint density at radius 1 is 1.33 bits per heavy atom. The number of hydrogen-bond donors (Lipinski definition) is 3. The molecule has 0 radical (unpaired) electrons. The molecular weight excluding hydrogens is 266 g/mol. The van der Waals surface area contributed by atoms with Gasteiger partial charge in [0.25, 0.3) is 0 Å². The Kier molecular flexibility index (Phi) is 3.68. The largest absolute Gasteiger partial charge is 0.349 e. The Morgan fingerprint density at radius 2 is 2.10 bits per heavy atom. The van der Waals surface area contributed by atoms with Crippen molar-refractivity contribution in [1.82, 2.24) is 10.6 Å². The van der Waals surface area contributed by atoms with E-state index in [-0.39, 0.29) is 23.8 Å². The minimum absolute atomic E-state index is 0.0324. The second-order valence-electron chi connectivity index (χ2n) is 6.08. The summed E-state index contributed by atoms with van der Waals surface area (Å²) in [6.07, 6.45) is 0.425. The minimum Gasteiger partial charge on any atom is -0.349 e. The van der Waals surface area contributed by atoms with Gasteiger partial charge in [0, 0.05) is 11.6 Å². The number of benzene rings is 1. The fourth-order valence-electron chi connectivity index (χ4n) is 2.83. The van der Waals surface area contributed by atoms with Crippen LogP contribution in [0.2, 0.25) is 0 Å². The van der Waals surface area contributed by atoms with Crippen molar-refractivity contribution in [3.63, 3.8) is 0 Å². The standard InChI is InChI=1S/C16H21N3O2/c1-9(13-7-17-8-13)16(21)18-10(2)11-3-4-14-12(5-11)6-15(20)19-14/h3-5,9-10,13,17H,6-8H2,1-2H3,(H,18,21)(H,19,20). The molecule has 1 saturated heterocycles. The van der Waals surface area contributed by atoms with Gasteiger partial charge in [-0.2, -0.15) is 0 Å². The van der Waals surface area contributed by atoms with E-state index in [1.165, 1.54) is 0 Å². The Morgan fingerprint density at radius 3 is 2.76 bits per heavy atom. The zero-order chi connectivity index (χ0) is 15.0. The second kappa shape index (κ2) is 5.48. The summed E-state index contributed by atoms with van der Waals surface area (Å²) < 4.78 is 0. The number of anilines is 1. The molecule has 3 rings (SSSR count). The molecule has 0 saturated carbocycles. The summed E-state index contributed by atoms with van der Waals surface area (Å²) >= 11 is 0. The number of nitrogens with one attached hydrogen (secondary N) is 3. The number of carbonyl (C=O) groups is 2. The van der Waals surface area contributed by atoms with E-state index in [2.05, 4.69) is 16.0 Å². The van der Waals surface area contributed by atoms with Crippen molar-refractivity contribution in [3.8, 4) is 0 Å². The first kappa shape index (κ1) is 14.1. The van der Waals surface area contributed by atoms with E-state index in [1.807, 2.05) is 32.0 Å². The van der Waals surface area contributed by atoms with Gasteiger partial charge in [0.1, 0.15) is 0 Å². The second-order valence-corrected chi connectivity index (χ2v) is 6.08. The van der Waals surface area contributed by atoms with Crippen LogP contribution < -0.4 is 16.0 Å². The summed E-state index contributed by atoms with van der Waals surface area (Å²) in [5.74, 6) is 0.610. The fraction of sp³-hybridized carbons (Fsp3) is 0.500. The summed E-state index contributed by atoms with van der Waals surface area (Å²) in [5, 5.41) is 9.09. The van der Waals surface area contributed by atoms with E-state index in [1.54, 1.807) is 0 Å². The van der Waals surface area contributed by atoms with E-state index in [0.717, 1.165) is 29.9 Å². The average molecular weight is 287 g/mol. The summed E-state index contributed by atoms with van der Waals surface area (Å²) in [6, 6.07) is 5.84. The molecule has 5 nitrogen and oxygen atoms in total. The molecule has 2 aliphatic rings. The number of amides is 2. The zero-order valence-electron chi connectivity index (χ0n) is 12.4. The SMILES string of the molecule is CC(NC(=O)C(C)C1CNC1)c1ccc2c(c1)CC(=O)N2. The van der Waals surface area contributed by atoms with Crippen LogP contribution in [0, 0.1) is 11.8 Å². The first-order valence-corrected chi connectivity index (χ1v) is 7.48. The van der Waals surface area contributed by atoms with Gasteiger partial charge in [0.2, 0.25) is 11.8 Å². The molecular formula is C16H21N3O2. The lowest BCUT2D eigenvalue weighted by Crippen LogP contribution is -2.49. The van der Waals surface area contributed by atoms with Crippen LogP contribution >= 0.6 is 0 Å². The van der Waals surface area contributed by atoms with Crippen molar-refractivity contribution in [2.24, 2.45) is 11.8 Å². The summed E-state index contributed by atoms with van der Waals surface area (Å²) in [6.45, 7) is 5.82. The van der Waals surface area contributed by atoms with E-state index >= 15 is 0 Å². The van der Waals surface area contributed by atoms with Gasteiger partial charge in [-0.05, 0) is 43.1 Å². The predicted octanol–water partition coefficient (Wildman–Crippen LogP) is 1.21. The fourth-order valence-corrected chi connectivity index (χ4v) is 2.83. The maximum atomic E-state index is 12.2. The van der Waals surface area contributed by atoms with Crippen LogP contribution in [0.3, 0.4) is 0 Å². The van der Waals surface area contributed by atoms with Crippen LogP contribution in [0.25, 0.3) is 0 Å². The van der Waals surface area contributed by atoms with Gasteiger partial charge in [0.15, 0.2) is 0 Å². The van der Waals surface area contributed by atoms with Crippen LogP contribution in [0.4, 0.5) is 5.69 Å². The molecule has 2 heterocycles. The number of hydrogen-bond acceptors (Lipinski definition) is 3. The predicted molar refractivity (Wildman–Crippen MR) is 80.9 cm³/mol. The molecule has 1 aromatic rings. The van der Waals surface area contributed by atoms with Gasteiger partial charge >= 0.3 is 0 Å². The molecule has 2 amide bonds. The Labute approximate surface area is 124 Å². The normalized spacial score (nSPS) is 20.2. The van der Waals surface area contributed by atoms with E-state index < -0.39 is 0 Å². The summed E-state index contributed by atoms with van der Waals surface area (Å²) in [5.41, 5.74) is 2.93. The van der Waals surface area contributed by atoms with Gasteiger partial charge in [-0.3, -0.25) is 9.59 Å². The minimum atomic E-state index is -0.0472. The molecule has 5 heteroatoms. The Bertz CT molecular complexity index is 581. The van der Waals surface area contributed by atoms with Gasteiger partial charge < -0.3 is 16.0 Å².